The molecule has 0 saturated heterocycles. The fourth-order valence-corrected chi connectivity index (χ4v) is 1.11. The number of nitrogens with two attached hydrogens (primary N) is 2. The molecule has 0 aromatic heterocycles. The normalized spacial score (nSPS) is 21.4. The van der Waals surface area contributed by atoms with Crippen molar-refractivity contribution in [2.24, 2.45) is 17.5 Å². The van der Waals surface area contributed by atoms with Crippen LogP contribution in [0.3, 0.4) is 0 Å². The van der Waals surface area contributed by atoms with E-state index >= 15 is 0 Å². The third kappa shape index (κ3) is 1.27. The summed E-state index contributed by atoms with van der Waals surface area (Å²) in [6.45, 7) is 0. The van der Waals surface area contributed by atoms with Crippen molar-refractivity contribution < 1.29 is 4.79 Å². The molecule has 0 aliphatic heterocycles. The lowest BCUT2D eigenvalue weighted by Crippen LogP contribution is -2.49. The molecule has 0 aromatic rings. The van der Waals surface area contributed by atoms with Gasteiger partial charge in [0.2, 0.25) is 0 Å². The van der Waals surface area contributed by atoms with E-state index in [1.54, 1.807) is 0 Å². The monoisotopic (exact) mass is 143 g/mol. The lowest BCUT2D eigenvalue weighted by atomic mass is 9.80. The lowest BCUT2D eigenvalue weighted by Gasteiger charge is -2.29. The molecule has 0 bridgehead atoms. The van der Waals surface area contributed by atoms with Crippen molar-refractivity contribution in [3.8, 4) is 0 Å². The Balaban J connectivity index is 2.31. The van der Waals surface area contributed by atoms with Crippen LogP contribution in [-0.4, -0.2) is 11.9 Å². The van der Waals surface area contributed by atoms with E-state index in [0.717, 1.165) is 12.8 Å². The maximum Gasteiger partial charge on any atom is 0.251 e. The molecule has 1 unspecified atom stereocenters. The van der Waals surface area contributed by atoms with Crippen molar-refractivity contribution >= 4 is 5.91 Å². The van der Waals surface area contributed by atoms with Gasteiger partial charge in [0.25, 0.3) is 5.91 Å². The van der Waals surface area contributed by atoms with Crippen molar-refractivity contribution in [1.29, 1.82) is 0 Å². The Labute approximate surface area is 59.9 Å². The van der Waals surface area contributed by atoms with E-state index in [4.69, 9.17) is 11.6 Å². The summed E-state index contributed by atoms with van der Waals surface area (Å²) < 4.78 is 0. The third-order valence-corrected chi connectivity index (χ3v) is 2.10. The average Bonchev–Trinajstić information content (AvgIpc) is 1.82. The minimum atomic E-state index is -0.390. The first-order chi connectivity index (χ1) is 4.75. The van der Waals surface area contributed by atoms with Gasteiger partial charge in [-0.2, -0.15) is 0 Å². The summed E-state index contributed by atoms with van der Waals surface area (Å²) in [6.07, 6.45) is 3.32. The molecule has 0 spiro atoms. The summed E-state index contributed by atoms with van der Waals surface area (Å²) in [4.78, 5) is 10.8. The lowest BCUT2D eigenvalue weighted by molar-refractivity contribution is -0.124. The number of amides is 1. The molecule has 1 atom stereocenters. The van der Waals surface area contributed by atoms with Crippen LogP contribution in [0.4, 0.5) is 0 Å². The third-order valence-electron chi connectivity index (χ3n) is 2.10. The maximum absolute atomic E-state index is 10.8. The van der Waals surface area contributed by atoms with E-state index in [9.17, 15) is 4.79 Å². The van der Waals surface area contributed by atoms with E-state index < -0.39 is 6.04 Å². The van der Waals surface area contributed by atoms with Crippen LogP contribution in [0.5, 0.6) is 0 Å². The van der Waals surface area contributed by atoms with Crippen LogP contribution >= 0.6 is 0 Å². The van der Waals surface area contributed by atoms with Gasteiger partial charge in [-0.15, -0.1) is 0 Å². The molecule has 1 saturated carbocycles. The molecular formula is C6H13N3O. The van der Waals surface area contributed by atoms with Gasteiger partial charge in [-0.1, -0.05) is 6.42 Å². The molecule has 5 N–H and O–H groups in total. The summed E-state index contributed by atoms with van der Waals surface area (Å²) in [5, 5.41) is 0. The maximum atomic E-state index is 10.8. The first kappa shape index (κ1) is 7.50. The largest absolute Gasteiger partial charge is 0.320 e. The Morgan fingerprint density at radius 3 is 2.50 bits per heavy atom. The van der Waals surface area contributed by atoms with Crippen molar-refractivity contribution in [3.63, 3.8) is 0 Å². The molecule has 1 amide bonds. The minimum Gasteiger partial charge on any atom is -0.320 e. The summed E-state index contributed by atoms with van der Waals surface area (Å²) in [7, 11) is 0. The molecule has 4 heteroatoms. The van der Waals surface area contributed by atoms with E-state index in [0.29, 0.717) is 5.92 Å². The van der Waals surface area contributed by atoms with Crippen LogP contribution in [0.15, 0.2) is 0 Å². The van der Waals surface area contributed by atoms with Crippen LogP contribution in [0.2, 0.25) is 0 Å². The van der Waals surface area contributed by atoms with Crippen molar-refractivity contribution in [2.75, 3.05) is 0 Å². The highest BCUT2D eigenvalue weighted by molar-refractivity contribution is 5.81. The van der Waals surface area contributed by atoms with E-state index in [2.05, 4.69) is 0 Å². The van der Waals surface area contributed by atoms with E-state index in [1.165, 1.54) is 6.42 Å². The molecule has 58 valence electrons. The van der Waals surface area contributed by atoms with Gasteiger partial charge in [-0.05, 0) is 18.8 Å². The Kier molecular flexibility index (Phi) is 2.24. The standard InChI is InChI=1S/C6H13N3O/c7-5(6(10)9-8)4-2-1-3-4/h4-5H,1-3,7-8H2,(H,9,10). The molecule has 0 aromatic carbocycles. The van der Waals surface area contributed by atoms with Gasteiger partial charge < -0.3 is 5.73 Å². The molecule has 10 heavy (non-hydrogen) atoms. The van der Waals surface area contributed by atoms with E-state index in [1.807, 2.05) is 5.43 Å². The summed E-state index contributed by atoms with van der Waals surface area (Å²) in [5.41, 5.74) is 7.59. The number of rotatable bonds is 2. The summed E-state index contributed by atoms with van der Waals surface area (Å²) in [6, 6.07) is -0.390. The molecule has 0 heterocycles. The first-order valence-corrected chi connectivity index (χ1v) is 3.51. The quantitative estimate of drug-likeness (QED) is 0.266. The second-order valence-electron chi connectivity index (χ2n) is 2.73. The highest BCUT2D eigenvalue weighted by Crippen LogP contribution is 2.28. The smallest absolute Gasteiger partial charge is 0.251 e. The summed E-state index contributed by atoms with van der Waals surface area (Å²) >= 11 is 0. The predicted molar refractivity (Wildman–Crippen MR) is 37.6 cm³/mol. The van der Waals surface area contributed by atoms with Gasteiger partial charge in [0.15, 0.2) is 0 Å². The average molecular weight is 143 g/mol. The Hall–Kier alpha value is -0.610. The van der Waals surface area contributed by atoms with E-state index in [-0.39, 0.29) is 5.91 Å². The number of carbonyl (C=O) groups is 1. The molecular weight excluding hydrogens is 130 g/mol. The van der Waals surface area contributed by atoms with Crippen LogP contribution < -0.4 is 17.0 Å². The van der Waals surface area contributed by atoms with Crippen LogP contribution in [0.25, 0.3) is 0 Å². The zero-order valence-corrected chi connectivity index (χ0v) is 5.84. The number of nitrogens with one attached hydrogen (secondary N) is 1. The number of hydrogen-bond donors (Lipinski definition) is 3. The minimum absolute atomic E-state index is 0.246. The van der Waals surface area contributed by atoms with Gasteiger partial charge in [0.05, 0.1) is 6.04 Å². The zero-order valence-electron chi connectivity index (χ0n) is 5.84. The Bertz CT molecular complexity index is 133. The van der Waals surface area contributed by atoms with Crippen LogP contribution in [0.1, 0.15) is 19.3 Å². The Morgan fingerprint density at radius 1 is 1.60 bits per heavy atom. The SMILES string of the molecule is NNC(=O)C(N)C1CCC1. The number of hydrazine groups is 1. The van der Waals surface area contributed by atoms with Gasteiger partial charge in [0.1, 0.15) is 0 Å². The fraction of sp³-hybridized carbons (Fsp3) is 0.833. The Morgan fingerprint density at radius 2 is 2.20 bits per heavy atom. The van der Waals surface area contributed by atoms with Crippen LogP contribution in [-0.2, 0) is 4.79 Å². The fourth-order valence-electron chi connectivity index (χ4n) is 1.11. The highest BCUT2D eigenvalue weighted by atomic mass is 16.2. The first-order valence-electron chi connectivity index (χ1n) is 3.51. The molecule has 0 radical (unpaired) electrons. The number of carbonyl (C=O) groups excluding carboxylic acids is 1. The predicted octanol–water partition coefficient (Wildman–Crippen LogP) is -0.896. The molecule has 1 rings (SSSR count). The second kappa shape index (κ2) is 2.98. The van der Waals surface area contributed by atoms with Crippen molar-refractivity contribution in [3.05, 3.63) is 0 Å². The van der Waals surface area contributed by atoms with Crippen molar-refractivity contribution in [2.45, 2.75) is 25.3 Å². The summed E-state index contributed by atoms with van der Waals surface area (Å²) in [5.74, 6) is 5.03. The van der Waals surface area contributed by atoms with Gasteiger partial charge >= 0.3 is 0 Å². The molecule has 1 aliphatic carbocycles. The van der Waals surface area contributed by atoms with Gasteiger partial charge in [-0.3, -0.25) is 10.2 Å². The number of hydrogen-bond acceptors (Lipinski definition) is 3. The van der Waals surface area contributed by atoms with Gasteiger partial charge in [0, 0.05) is 0 Å². The van der Waals surface area contributed by atoms with Crippen molar-refractivity contribution in [1.82, 2.24) is 5.43 Å². The second-order valence-corrected chi connectivity index (χ2v) is 2.73. The molecule has 1 fully saturated rings. The molecule has 1 aliphatic rings. The zero-order chi connectivity index (χ0) is 7.56. The highest BCUT2D eigenvalue weighted by Gasteiger charge is 2.28. The van der Waals surface area contributed by atoms with Crippen LogP contribution in [0, 0.1) is 5.92 Å². The topological polar surface area (TPSA) is 81.1 Å². The molecule has 4 nitrogen and oxygen atoms in total. The van der Waals surface area contributed by atoms with Gasteiger partial charge in [-0.25, -0.2) is 5.84 Å².